The fraction of sp³-hybridized carbons (Fsp3) is 0.300. The van der Waals surface area contributed by atoms with E-state index >= 15 is 0 Å². The van der Waals surface area contributed by atoms with E-state index in [2.05, 4.69) is 12.2 Å². The highest BCUT2D eigenvalue weighted by Crippen LogP contribution is 2.24. The maximum atomic E-state index is 13.3. The largest absolute Gasteiger partial charge is 0.389 e. The fourth-order valence-corrected chi connectivity index (χ4v) is 1.29. The predicted molar refractivity (Wildman–Crippen MR) is 61.7 cm³/mol. The van der Waals surface area contributed by atoms with Gasteiger partial charge in [-0.3, -0.25) is 0 Å². The molecule has 0 bridgehead atoms. The molecule has 0 aromatic heterocycles. The lowest BCUT2D eigenvalue weighted by Gasteiger charge is -2.16. The molecule has 0 heterocycles. The molecule has 0 aliphatic rings. The van der Waals surface area contributed by atoms with Crippen LogP contribution in [0.2, 0.25) is 0 Å². The molecule has 0 aliphatic carbocycles. The second-order valence-electron chi connectivity index (χ2n) is 3.47. The number of halogens is 5. The molecule has 0 spiro atoms. The summed E-state index contributed by atoms with van der Waals surface area (Å²) in [5.74, 6) is -4.99. The Kier molecular flexibility index (Phi) is 4.44. The molecule has 1 aromatic carbocycles. The van der Waals surface area contributed by atoms with E-state index in [4.69, 9.17) is 5.73 Å². The van der Waals surface area contributed by atoms with Crippen molar-refractivity contribution in [1.29, 1.82) is 0 Å². The standard InChI is InChI=1S/C10H9F5N2S/c11-7-3-5(1-2-6(7)8(16)18)17-4-10(14,15)9(12)13/h1-3,9,17H,4H2,(H2,16,18). The summed E-state index contributed by atoms with van der Waals surface area (Å²) in [5.41, 5.74) is 5.09. The molecule has 3 N–H and O–H groups in total. The normalized spacial score (nSPS) is 11.7. The van der Waals surface area contributed by atoms with Gasteiger partial charge in [0.05, 0.1) is 6.54 Å². The molecule has 1 aromatic rings. The zero-order valence-electron chi connectivity index (χ0n) is 8.89. The van der Waals surface area contributed by atoms with E-state index in [-0.39, 0.29) is 16.2 Å². The van der Waals surface area contributed by atoms with Gasteiger partial charge >= 0.3 is 12.3 Å². The molecule has 0 amide bonds. The Balaban J connectivity index is 2.76. The van der Waals surface area contributed by atoms with E-state index in [9.17, 15) is 22.0 Å². The number of hydrogen-bond donors (Lipinski definition) is 2. The molecule has 0 fully saturated rings. The third-order valence-corrected chi connectivity index (χ3v) is 2.30. The van der Waals surface area contributed by atoms with Crippen LogP contribution in [0.15, 0.2) is 18.2 Å². The molecule has 8 heteroatoms. The van der Waals surface area contributed by atoms with E-state index in [1.807, 2.05) is 5.32 Å². The van der Waals surface area contributed by atoms with Crippen molar-refractivity contribution in [3.8, 4) is 0 Å². The first-order valence-electron chi connectivity index (χ1n) is 4.73. The molecule has 0 unspecified atom stereocenters. The Labute approximate surface area is 105 Å². The van der Waals surface area contributed by atoms with Gasteiger partial charge in [-0.25, -0.2) is 13.2 Å². The molecule has 18 heavy (non-hydrogen) atoms. The van der Waals surface area contributed by atoms with E-state index in [0.717, 1.165) is 6.07 Å². The first-order valence-corrected chi connectivity index (χ1v) is 5.14. The van der Waals surface area contributed by atoms with Crippen LogP contribution in [0.4, 0.5) is 27.6 Å². The summed E-state index contributed by atoms with van der Waals surface area (Å²) < 4.78 is 62.3. The first kappa shape index (κ1) is 14.6. The maximum Gasteiger partial charge on any atom is 0.324 e. The van der Waals surface area contributed by atoms with Crippen molar-refractivity contribution in [1.82, 2.24) is 0 Å². The number of nitrogens with one attached hydrogen (secondary N) is 1. The van der Waals surface area contributed by atoms with Crippen LogP contribution in [0.3, 0.4) is 0 Å². The Hall–Kier alpha value is -1.44. The van der Waals surface area contributed by atoms with E-state index in [1.165, 1.54) is 12.1 Å². The van der Waals surface area contributed by atoms with Crippen molar-refractivity contribution >= 4 is 22.9 Å². The van der Waals surface area contributed by atoms with Gasteiger partial charge in [-0.05, 0) is 18.2 Å². The monoisotopic (exact) mass is 284 g/mol. The van der Waals surface area contributed by atoms with Gasteiger partial charge in [-0.15, -0.1) is 0 Å². The first-order chi connectivity index (χ1) is 8.24. The third kappa shape index (κ3) is 3.52. The van der Waals surface area contributed by atoms with Crippen LogP contribution < -0.4 is 11.1 Å². The van der Waals surface area contributed by atoms with Crippen LogP contribution in [0.5, 0.6) is 0 Å². The lowest BCUT2D eigenvalue weighted by Crippen LogP contribution is -2.34. The van der Waals surface area contributed by atoms with Crippen LogP contribution in [0, 0.1) is 5.82 Å². The predicted octanol–water partition coefficient (Wildman–Crippen LogP) is 2.77. The second kappa shape index (κ2) is 5.47. The molecule has 1 rings (SSSR count). The third-order valence-electron chi connectivity index (χ3n) is 2.08. The van der Waals surface area contributed by atoms with Crippen molar-refractivity contribution < 1.29 is 22.0 Å². The smallest absolute Gasteiger partial charge is 0.324 e. The summed E-state index contributed by atoms with van der Waals surface area (Å²) in [7, 11) is 0. The number of anilines is 1. The lowest BCUT2D eigenvalue weighted by molar-refractivity contribution is -0.117. The summed E-state index contributed by atoms with van der Waals surface area (Å²) in [6.45, 7) is -1.30. The van der Waals surface area contributed by atoms with Gasteiger partial charge < -0.3 is 11.1 Å². The number of benzene rings is 1. The van der Waals surface area contributed by atoms with Crippen molar-refractivity contribution in [3.63, 3.8) is 0 Å². The van der Waals surface area contributed by atoms with Gasteiger partial charge in [-0.2, -0.15) is 8.78 Å². The van der Waals surface area contributed by atoms with E-state index in [0.29, 0.717) is 0 Å². The van der Waals surface area contributed by atoms with Crippen molar-refractivity contribution in [2.75, 3.05) is 11.9 Å². The number of nitrogens with two attached hydrogens (primary N) is 1. The topological polar surface area (TPSA) is 38.0 Å². The molecular formula is C10H9F5N2S. The zero-order chi connectivity index (χ0) is 13.9. The Morgan fingerprint density at radius 2 is 2.00 bits per heavy atom. The van der Waals surface area contributed by atoms with Gasteiger partial charge in [0.2, 0.25) is 0 Å². The van der Waals surface area contributed by atoms with Gasteiger partial charge in [0.25, 0.3) is 0 Å². The molecule has 0 radical (unpaired) electrons. The molecule has 0 atom stereocenters. The van der Waals surface area contributed by atoms with E-state index < -0.39 is 24.7 Å². The molecule has 0 aliphatic heterocycles. The minimum absolute atomic E-state index is 0.0452. The summed E-state index contributed by atoms with van der Waals surface area (Å²) >= 11 is 4.55. The average Bonchev–Trinajstić information content (AvgIpc) is 2.25. The fourth-order valence-electron chi connectivity index (χ4n) is 1.12. The highest BCUT2D eigenvalue weighted by Gasteiger charge is 2.40. The van der Waals surface area contributed by atoms with Crippen LogP contribution >= 0.6 is 12.2 Å². The van der Waals surface area contributed by atoms with Crippen molar-refractivity contribution in [2.45, 2.75) is 12.3 Å². The summed E-state index contributed by atoms with van der Waals surface area (Å²) in [6.07, 6.45) is -3.79. The van der Waals surface area contributed by atoms with Gasteiger partial charge in [0.15, 0.2) is 0 Å². The van der Waals surface area contributed by atoms with Crippen molar-refractivity contribution in [2.24, 2.45) is 5.73 Å². The number of rotatable bonds is 5. The molecule has 100 valence electrons. The molecular weight excluding hydrogens is 275 g/mol. The minimum Gasteiger partial charge on any atom is -0.389 e. The van der Waals surface area contributed by atoms with Crippen LogP contribution in [-0.2, 0) is 0 Å². The summed E-state index contributed by atoms with van der Waals surface area (Å²) in [6, 6.07) is 3.26. The second-order valence-corrected chi connectivity index (χ2v) is 3.91. The van der Waals surface area contributed by atoms with Crippen LogP contribution in [0.1, 0.15) is 5.56 Å². The van der Waals surface area contributed by atoms with E-state index in [1.54, 1.807) is 0 Å². The molecule has 2 nitrogen and oxygen atoms in total. The molecule has 0 saturated heterocycles. The van der Waals surface area contributed by atoms with Gasteiger partial charge in [0, 0.05) is 11.3 Å². The number of hydrogen-bond acceptors (Lipinski definition) is 2. The Morgan fingerprint density at radius 3 is 2.44 bits per heavy atom. The van der Waals surface area contributed by atoms with Gasteiger partial charge in [0.1, 0.15) is 10.8 Å². The summed E-state index contributed by atoms with van der Waals surface area (Å²) in [4.78, 5) is -0.183. The number of alkyl halides is 4. The zero-order valence-corrected chi connectivity index (χ0v) is 9.71. The maximum absolute atomic E-state index is 13.3. The molecule has 0 saturated carbocycles. The van der Waals surface area contributed by atoms with Gasteiger partial charge in [-0.1, -0.05) is 12.2 Å². The van der Waals surface area contributed by atoms with Crippen molar-refractivity contribution in [3.05, 3.63) is 29.6 Å². The lowest BCUT2D eigenvalue weighted by atomic mass is 10.2. The Bertz CT molecular complexity index is 450. The highest BCUT2D eigenvalue weighted by molar-refractivity contribution is 7.80. The minimum atomic E-state index is -4.18. The Morgan fingerprint density at radius 1 is 1.39 bits per heavy atom. The highest BCUT2D eigenvalue weighted by atomic mass is 32.1. The van der Waals surface area contributed by atoms with Crippen LogP contribution in [0.25, 0.3) is 0 Å². The average molecular weight is 284 g/mol. The van der Waals surface area contributed by atoms with Crippen LogP contribution in [-0.4, -0.2) is 23.9 Å². The summed E-state index contributed by atoms with van der Waals surface area (Å²) in [5, 5.41) is 2.02. The SMILES string of the molecule is NC(=S)c1ccc(NCC(F)(F)C(F)F)cc1F. The quantitative estimate of drug-likeness (QED) is 0.645. The number of thiocarbonyl (C=S) groups is 1.